The molecule has 1 amide bonds. The number of pyridine rings is 1. The molecule has 0 spiro atoms. The van der Waals surface area contributed by atoms with Crippen molar-refractivity contribution in [3.8, 4) is 0 Å². The number of nitrogen functional groups attached to an aromatic ring is 1. The number of aryl methyl sites for hydroxylation is 1. The second kappa shape index (κ2) is 10.7. The molecule has 3 aromatic carbocycles. The Morgan fingerprint density at radius 2 is 1.73 bits per heavy atom. The van der Waals surface area contributed by atoms with Gasteiger partial charge in [-0.3, -0.25) is 4.79 Å². The Morgan fingerprint density at radius 3 is 2.51 bits per heavy atom. The number of carbonyl (C=O) groups is 1. The molecule has 5 rings (SSSR count). The molecule has 0 radical (unpaired) electrons. The van der Waals surface area contributed by atoms with Crippen LogP contribution in [0, 0.1) is 6.92 Å². The molecule has 0 fully saturated rings. The van der Waals surface area contributed by atoms with Crippen molar-refractivity contribution in [2.45, 2.75) is 29.7 Å². The molecule has 5 aromatic rings. The number of hydrogen-bond donors (Lipinski definition) is 3. The summed E-state index contributed by atoms with van der Waals surface area (Å²) in [5, 5.41) is 7.32. The Morgan fingerprint density at radius 1 is 0.946 bits per heavy atom. The quantitative estimate of drug-likeness (QED) is 0.222. The molecule has 184 valence electrons. The van der Waals surface area contributed by atoms with Crippen LogP contribution in [0.2, 0.25) is 0 Å². The van der Waals surface area contributed by atoms with Gasteiger partial charge in [0.25, 0.3) is 5.91 Å². The summed E-state index contributed by atoms with van der Waals surface area (Å²) in [6, 6.07) is 26.9. The Balaban J connectivity index is 1.49. The highest BCUT2D eigenvalue weighted by atomic mass is 32.2. The number of fused-ring (bicyclic) bond motifs is 1. The number of amides is 1. The molecule has 0 saturated heterocycles. The van der Waals surface area contributed by atoms with Crippen LogP contribution in [0.1, 0.15) is 34.6 Å². The van der Waals surface area contributed by atoms with Crippen molar-refractivity contribution in [3.05, 3.63) is 108 Å². The summed E-state index contributed by atoms with van der Waals surface area (Å²) in [5.41, 5.74) is 10.4. The van der Waals surface area contributed by atoms with Gasteiger partial charge in [-0.2, -0.15) is 0 Å². The van der Waals surface area contributed by atoms with Crippen LogP contribution in [0.25, 0.3) is 11.0 Å². The lowest BCUT2D eigenvalue weighted by Crippen LogP contribution is -2.26. The van der Waals surface area contributed by atoms with Gasteiger partial charge >= 0.3 is 0 Å². The molecule has 2 heterocycles. The average Bonchev–Trinajstić information content (AvgIpc) is 2.91. The average molecular weight is 507 g/mol. The number of hydrogen-bond acceptors (Lipinski definition) is 7. The van der Waals surface area contributed by atoms with E-state index in [1.54, 1.807) is 11.8 Å². The first-order chi connectivity index (χ1) is 18.0. The van der Waals surface area contributed by atoms with Crippen LogP contribution in [0.4, 0.5) is 17.2 Å². The van der Waals surface area contributed by atoms with Gasteiger partial charge in [0.15, 0.2) is 5.65 Å². The zero-order valence-electron chi connectivity index (χ0n) is 20.5. The number of nitrogens with zero attached hydrogens (tertiary/aromatic N) is 3. The SMILES string of the molecule is Cc1ccc2c(Nc3cc(C(=O)N[C@@H](C)c4ccccc4)ccc3Sc3ccc(N)cc3)ncnc2n1. The maximum absolute atomic E-state index is 13.2. The summed E-state index contributed by atoms with van der Waals surface area (Å²) < 4.78 is 0. The van der Waals surface area contributed by atoms with E-state index in [-0.39, 0.29) is 11.9 Å². The third-order valence-electron chi connectivity index (χ3n) is 5.89. The Labute approximate surface area is 219 Å². The zero-order chi connectivity index (χ0) is 25.8. The van der Waals surface area contributed by atoms with E-state index >= 15 is 0 Å². The number of carbonyl (C=O) groups excluding carboxylic acids is 1. The number of nitrogens with two attached hydrogens (primary N) is 1. The molecule has 8 heteroatoms. The highest BCUT2D eigenvalue weighted by Crippen LogP contribution is 2.36. The molecule has 0 aliphatic heterocycles. The van der Waals surface area contributed by atoms with Crippen LogP contribution >= 0.6 is 11.8 Å². The highest BCUT2D eigenvalue weighted by Gasteiger charge is 2.16. The van der Waals surface area contributed by atoms with E-state index in [0.29, 0.717) is 22.7 Å². The van der Waals surface area contributed by atoms with E-state index in [4.69, 9.17) is 5.73 Å². The van der Waals surface area contributed by atoms with Crippen molar-refractivity contribution in [2.24, 2.45) is 0 Å². The summed E-state index contributed by atoms with van der Waals surface area (Å²) >= 11 is 1.57. The second-order valence-electron chi connectivity index (χ2n) is 8.66. The van der Waals surface area contributed by atoms with E-state index in [9.17, 15) is 4.79 Å². The first-order valence-corrected chi connectivity index (χ1v) is 12.7. The summed E-state index contributed by atoms with van der Waals surface area (Å²) in [6.45, 7) is 3.90. The molecule has 4 N–H and O–H groups in total. The summed E-state index contributed by atoms with van der Waals surface area (Å²) in [6.07, 6.45) is 1.49. The summed E-state index contributed by atoms with van der Waals surface area (Å²) in [5.74, 6) is 0.458. The van der Waals surface area contributed by atoms with Crippen LogP contribution in [0.15, 0.2) is 101 Å². The Kier molecular flexibility index (Phi) is 7.00. The number of nitrogens with one attached hydrogen (secondary N) is 2. The number of aromatic nitrogens is 3. The van der Waals surface area contributed by atoms with Crippen molar-refractivity contribution in [1.29, 1.82) is 0 Å². The predicted octanol–water partition coefficient (Wildman–Crippen LogP) is 6.30. The molecule has 0 saturated carbocycles. The standard InChI is InChI=1S/C29H26N6OS/c1-18-8-14-24-27(33-18)31-17-32-28(24)35-25-16-21(29(36)34-19(2)20-6-4-3-5-7-20)9-15-26(25)37-23-12-10-22(30)11-13-23/h3-17,19H,30H2,1-2H3,(H,34,36)(H,31,32,33,35)/t19-/m0/s1. The number of benzene rings is 3. The predicted molar refractivity (Wildman–Crippen MR) is 149 cm³/mol. The van der Waals surface area contributed by atoms with Gasteiger partial charge in [0, 0.05) is 26.7 Å². The molecule has 7 nitrogen and oxygen atoms in total. The maximum atomic E-state index is 13.2. The van der Waals surface area contributed by atoms with Crippen molar-refractivity contribution >= 4 is 45.9 Å². The minimum absolute atomic E-state index is 0.130. The van der Waals surface area contributed by atoms with Crippen LogP contribution in [0.3, 0.4) is 0 Å². The molecular weight excluding hydrogens is 480 g/mol. The fourth-order valence-electron chi connectivity index (χ4n) is 3.89. The highest BCUT2D eigenvalue weighted by molar-refractivity contribution is 7.99. The fourth-order valence-corrected chi connectivity index (χ4v) is 4.77. The van der Waals surface area contributed by atoms with Crippen molar-refractivity contribution < 1.29 is 4.79 Å². The van der Waals surface area contributed by atoms with E-state index in [1.165, 1.54) is 6.33 Å². The fraction of sp³-hybridized carbons (Fsp3) is 0.103. The van der Waals surface area contributed by atoms with Gasteiger partial charge in [-0.25, -0.2) is 15.0 Å². The van der Waals surface area contributed by atoms with Crippen molar-refractivity contribution in [3.63, 3.8) is 0 Å². The minimum atomic E-state index is -0.159. The van der Waals surface area contributed by atoms with Gasteiger partial charge < -0.3 is 16.4 Å². The lowest BCUT2D eigenvalue weighted by Gasteiger charge is -2.17. The van der Waals surface area contributed by atoms with Gasteiger partial charge in [0.2, 0.25) is 0 Å². The number of anilines is 3. The maximum Gasteiger partial charge on any atom is 0.251 e. The smallest absolute Gasteiger partial charge is 0.251 e. The van der Waals surface area contributed by atoms with Crippen LogP contribution in [-0.2, 0) is 0 Å². The Bertz CT molecular complexity index is 1560. The van der Waals surface area contributed by atoms with E-state index in [0.717, 1.165) is 32.1 Å². The molecule has 37 heavy (non-hydrogen) atoms. The molecular formula is C29H26N6OS. The topological polar surface area (TPSA) is 106 Å². The normalized spacial score (nSPS) is 11.7. The molecule has 1 atom stereocenters. The molecule has 0 aliphatic rings. The molecule has 0 bridgehead atoms. The minimum Gasteiger partial charge on any atom is -0.399 e. The van der Waals surface area contributed by atoms with Gasteiger partial charge in [-0.15, -0.1) is 0 Å². The van der Waals surface area contributed by atoms with E-state index in [1.807, 2.05) is 98.8 Å². The van der Waals surface area contributed by atoms with Gasteiger partial charge in [-0.05, 0) is 74.0 Å². The first-order valence-electron chi connectivity index (χ1n) is 11.8. The van der Waals surface area contributed by atoms with Crippen molar-refractivity contribution in [1.82, 2.24) is 20.3 Å². The third kappa shape index (κ3) is 5.70. The molecule has 2 aromatic heterocycles. The molecule has 0 unspecified atom stereocenters. The van der Waals surface area contributed by atoms with Crippen LogP contribution < -0.4 is 16.4 Å². The largest absolute Gasteiger partial charge is 0.399 e. The second-order valence-corrected chi connectivity index (χ2v) is 9.77. The van der Waals surface area contributed by atoms with Crippen molar-refractivity contribution in [2.75, 3.05) is 11.1 Å². The summed E-state index contributed by atoms with van der Waals surface area (Å²) in [7, 11) is 0. The van der Waals surface area contributed by atoms with E-state index in [2.05, 4.69) is 25.6 Å². The lowest BCUT2D eigenvalue weighted by molar-refractivity contribution is 0.0940. The Hall–Kier alpha value is -4.43. The summed E-state index contributed by atoms with van der Waals surface area (Å²) in [4.78, 5) is 28.4. The monoisotopic (exact) mass is 506 g/mol. The van der Waals surface area contributed by atoms with Crippen LogP contribution in [-0.4, -0.2) is 20.9 Å². The first kappa shape index (κ1) is 24.3. The third-order valence-corrected chi connectivity index (χ3v) is 6.97. The van der Waals surface area contributed by atoms with E-state index < -0.39 is 0 Å². The number of rotatable bonds is 7. The van der Waals surface area contributed by atoms with Gasteiger partial charge in [0.1, 0.15) is 12.1 Å². The zero-order valence-corrected chi connectivity index (χ0v) is 21.3. The van der Waals surface area contributed by atoms with Crippen LogP contribution in [0.5, 0.6) is 0 Å². The lowest BCUT2D eigenvalue weighted by atomic mass is 10.1. The van der Waals surface area contributed by atoms with Gasteiger partial charge in [-0.1, -0.05) is 42.1 Å². The van der Waals surface area contributed by atoms with Gasteiger partial charge in [0.05, 0.1) is 17.1 Å². The molecule has 0 aliphatic carbocycles.